The van der Waals surface area contributed by atoms with Gasteiger partial charge >= 0.3 is 6.03 Å². The summed E-state index contributed by atoms with van der Waals surface area (Å²) in [6.45, 7) is 2.78. The first-order valence-electron chi connectivity index (χ1n) is 6.59. The molecule has 1 unspecified atom stereocenters. The summed E-state index contributed by atoms with van der Waals surface area (Å²) in [6, 6.07) is 7.93. The molecule has 6 heteroatoms. The second-order valence-electron chi connectivity index (χ2n) is 4.58. The van der Waals surface area contributed by atoms with Gasteiger partial charge in [0.1, 0.15) is 6.10 Å². The number of halogens is 1. The maximum atomic E-state index is 12.0. The lowest BCUT2D eigenvalue weighted by Crippen LogP contribution is -2.47. The van der Waals surface area contributed by atoms with Gasteiger partial charge in [-0.2, -0.15) is 0 Å². The SMILES string of the molecule is COCCNC(=O)N1CCOC(c2ccc(Br)cc2)C1. The van der Waals surface area contributed by atoms with E-state index in [0.29, 0.717) is 32.8 Å². The van der Waals surface area contributed by atoms with Crippen LogP contribution >= 0.6 is 15.9 Å². The number of hydrogen-bond donors (Lipinski definition) is 1. The van der Waals surface area contributed by atoms with Crippen molar-refractivity contribution in [3.63, 3.8) is 0 Å². The zero-order chi connectivity index (χ0) is 14.4. The molecule has 1 heterocycles. The van der Waals surface area contributed by atoms with Gasteiger partial charge in [-0.25, -0.2) is 4.79 Å². The van der Waals surface area contributed by atoms with Crippen molar-refractivity contribution in [1.29, 1.82) is 0 Å². The number of benzene rings is 1. The highest BCUT2D eigenvalue weighted by Crippen LogP contribution is 2.23. The zero-order valence-corrected chi connectivity index (χ0v) is 13.1. The van der Waals surface area contributed by atoms with Crippen LogP contribution in [0.25, 0.3) is 0 Å². The van der Waals surface area contributed by atoms with Gasteiger partial charge in [0.15, 0.2) is 0 Å². The van der Waals surface area contributed by atoms with Crippen LogP contribution in [0.3, 0.4) is 0 Å². The molecule has 20 heavy (non-hydrogen) atoms. The summed E-state index contributed by atoms with van der Waals surface area (Å²) in [5.74, 6) is 0. The average Bonchev–Trinajstić information content (AvgIpc) is 2.48. The number of nitrogens with zero attached hydrogens (tertiary/aromatic N) is 1. The van der Waals surface area contributed by atoms with Gasteiger partial charge in [-0.15, -0.1) is 0 Å². The average molecular weight is 343 g/mol. The molecule has 2 rings (SSSR count). The Morgan fingerprint density at radius 3 is 2.95 bits per heavy atom. The van der Waals surface area contributed by atoms with Gasteiger partial charge in [-0.3, -0.25) is 0 Å². The lowest BCUT2D eigenvalue weighted by Gasteiger charge is -2.33. The van der Waals surface area contributed by atoms with Crippen LogP contribution in [-0.4, -0.2) is 50.9 Å². The fourth-order valence-electron chi connectivity index (χ4n) is 2.08. The lowest BCUT2D eigenvalue weighted by molar-refractivity contribution is -0.0155. The van der Waals surface area contributed by atoms with Crippen molar-refractivity contribution in [3.8, 4) is 0 Å². The molecule has 1 atom stereocenters. The number of carbonyl (C=O) groups is 1. The van der Waals surface area contributed by atoms with Crippen LogP contribution < -0.4 is 5.32 Å². The highest BCUT2D eigenvalue weighted by Gasteiger charge is 2.25. The highest BCUT2D eigenvalue weighted by molar-refractivity contribution is 9.10. The molecule has 1 aromatic carbocycles. The molecule has 1 fully saturated rings. The smallest absolute Gasteiger partial charge is 0.317 e. The quantitative estimate of drug-likeness (QED) is 0.853. The van der Waals surface area contributed by atoms with Gasteiger partial charge in [0.25, 0.3) is 0 Å². The fourth-order valence-corrected chi connectivity index (χ4v) is 2.35. The molecule has 1 saturated heterocycles. The number of hydrogen-bond acceptors (Lipinski definition) is 3. The van der Waals surface area contributed by atoms with Crippen molar-refractivity contribution in [2.45, 2.75) is 6.10 Å². The van der Waals surface area contributed by atoms with Crippen LogP contribution in [0.1, 0.15) is 11.7 Å². The molecule has 1 aliphatic rings. The highest BCUT2D eigenvalue weighted by atomic mass is 79.9. The third-order valence-corrected chi connectivity index (χ3v) is 3.71. The van der Waals surface area contributed by atoms with Gasteiger partial charge in [0, 0.05) is 24.7 Å². The van der Waals surface area contributed by atoms with E-state index in [9.17, 15) is 4.79 Å². The normalized spacial score (nSPS) is 18.9. The van der Waals surface area contributed by atoms with Crippen LogP contribution in [0.5, 0.6) is 0 Å². The molecule has 0 saturated carbocycles. The first kappa shape index (κ1) is 15.3. The minimum atomic E-state index is -0.0648. The van der Waals surface area contributed by atoms with Crippen molar-refractivity contribution >= 4 is 22.0 Å². The number of carbonyl (C=O) groups excluding carboxylic acids is 1. The molecule has 0 aliphatic carbocycles. The molecule has 1 N–H and O–H groups in total. The first-order valence-corrected chi connectivity index (χ1v) is 7.39. The summed E-state index contributed by atoms with van der Waals surface area (Å²) in [5.41, 5.74) is 1.09. The Kier molecular flexibility index (Phi) is 5.82. The molecular formula is C14H19BrN2O3. The van der Waals surface area contributed by atoms with E-state index in [0.717, 1.165) is 10.0 Å². The van der Waals surface area contributed by atoms with Gasteiger partial charge < -0.3 is 19.7 Å². The monoisotopic (exact) mass is 342 g/mol. The minimum absolute atomic E-state index is 0.0625. The van der Waals surface area contributed by atoms with Gasteiger partial charge in [-0.1, -0.05) is 28.1 Å². The van der Waals surface area contributed by atoms with Crippen molar-refractivity contribution in [3.05, 3.63) is 34.3 Å². The maximum absolute atomic E-state index is 12.0. The van der Waals surface area contributed by atoms with Crippen LogP contribution in [0.2, 0.25) is 0 Å². The molecule has 0 bridgehead atoms. The molecule has 2 amide bonds. The molecule has 1 aliphatic heterocycles. The summed E-state index contributed by atoms with van der Waals surface area (Å²) in [5, 5.41) is 2.83. The standard InChI is InChI=1S/C14H19BrN2O3/c1-19-8-6-16-14(18)17-7-9-20-13(10-17)11-2-4-12(15)5-3-11/h2-5,13H,6-10H2,1H3,(H,16,18). The van der Waals surface area contributed by atoms with Crippen molar-refractivity contribution in [1.82, 2.24) is 10.2 Å². The minimum Gasteiger partial charge on any atom is -0.383 e. The largest absolute Gasteiger partial charge is 0.383 e. The van der Waals surface area contributed by atoms with Gasteiger partial charge in [0.2, 0.25) is 0 Å². The Hall–Kier alpha value is -1.11. The third-order valence-electron chi connectivity index (χ3n) is 3.18. The van der Waals surface area contributed by atoms with Crippen LogP contribution in [-0.2, 0) is 9.47 Å². The molecule has 1 aromatic rings. The van der Waals surface area contributed by atoms with Crippen LogP contribution in [0.4, 0.5) is 4.79 Å². The summed E-state index contributed by atoms with van der Waals surface area (Å²) in [4.78, 5) is 13.8. The number of nitrogens with one attached hydrogen (secondary N) is 1. The van der Waals surface area contributed by atoms with Crippen LogP contribution in [0.15, 0.2) is 28.7 Å². The topological polar surface area (TPSA) is 50.8 Å². The summed E-state index contributed by atoms with van der Waals surface area (Å²) in [7, 11) is 1.62. The summed E-state index contributed by atoms with van der Waals surface area (Å²) in [6.07, 6.45) is -0.0648. The van der Waals surface area contributed by atoms with Crippen LogP contribution in [0, 0.1) is 0 Å². The molecular weight excluding hydrogens is 324 g/mol. The van der Waals surface area contributed by atoms with E-state index >= 15 is 0 Å². The summed E-state index contributed by atoms with van der Waals surface area (Å²) < 4.78 is 11.7. The van der Waals surface area contributed by atoms with Gasteiger partial charge in [-0.05, 0) is 17.7 Å². The first-order chi connectivity index (χ1) is 9.70. The molecule has 0 radical (unpaired) electrons. The number of morpholine rings is 1. The Bertz CT molecular complexity index is 439. The van der Waals surface area contributed by atoms with E-state index in [1.54, 1.807) is 12.0 Å². The lowest BCUT2D eigenvalue weighted by atomic mass is 10.1. The Morgan fingerprint density at radius 1 is 1.50 bits per heavy atom. The molecule has 0 aromatic heterocycles. The number of amides is 2. The van der Waals surface area contributed by atoms with E-state index in [2.05, 4.69) is 21.2 Å². The van der Waals surface area contributed by atoms with E-state index < -0.39 is 0 Å². The fraction of sp³-hybridized carbons (Fsp3) is 0.500. The van der Waals surface area contributed by atoms with E-state index in [4.69, 9.17) is 9.47 Å². The second kappa shape index (κ2) is 7.61. The van der Waals surface area contributed by atoms with E-state index in [-0.39, 0.29) is 12.1 Å². The number of ether oxygens (including phenoxy) is 2. The Morgan fingerprint density at radius 2 is 2.25 bits per heavy atom. The van der Waals surface area contributed by atoms with E-state index in [1.807, 2.05) is 24.3 Å². The second-order valence-corrected chi connectivity index (χ2v) is 5.50. The number of methoxy groups -OCH3 is 1. The zero-order valence-electron chi connectivity index (χ0n) is 11.5. The summed E-state index contributed by atoms with van der Waals surface area (Å²) >= 11 is 3.41. The third kappa shape index (κ3) is 4.19. The molecule has 0 spiro atoms. The van der Waals surface area contributed by atoms with Crippen molar-refractivity contribution in [2.24, 2.45) is 0 Å². The predicted octanol–water partition coefficient (Wildman–Crippen LogP) is 2.18. The van der Waals surface area contributed by atoms with Crippen molar-refractivity contribution < 1.29 is 14.3 Å². The molecule has 5 nitrogen and oxygen atoms in total. The van der Waals surface area contributed by atoms with E-state index in [1.165, 1.54) is 0 Å². The number of urea groups is 1. The Balaban J connectivity index is 1.91. The molecule has 110 valence electrons. The number of rotatable bonds is 4. The predicted molar refractivity (Wildman–Crippen MR) is 79.7 cm³/mol. The van der Waals surface area contributed by atoms with Crippen molar-refractivity contribution in [2.75, 3.05) is 40.0 Å². The Labute approximate surface area is 127 Å². The van der Waals surface area contributed by atoms with Gasteiger partial charge in [0.05, 0.1) is 19.8 Å². The maximum Gasteiger partial charge on any atom is 0.317 e.